The van der Waals surface area contributed by atoms with Gasteiger partial charge in [-0.25, -0.2) is 9.97 Å². The van der Waals surface area contributed by atoms with E-state index in [2.05, 4.69) is 51.0 Å². The molecule has 1 fully saturated rings. The molecule has 1 saturated heterocycles. The Balaban J connectivity index is 1.35. The van der Waals surface area contributed by atoms with Crippen LogP contribution in [0.3, 0.4) is 0 Å². The number of nitrogens with zero attached hydrogens (tertiary/aromatic N) is 4. The third kappa shape index (κ3) is 5.45. The Kier molecular flexibility index (Phi) is 7.47. The molecule has 5 nitrogen and oxygen atoms in total. The number of methoxy groups -OCH3 is 1. The first kappa shape index (κ1) is 21.4. The van der Waals surface area contributed by atoms with E-state index in [1.165, 1.54) is 44.3 Å². The molecule has 0 spiro atoms. The van der Waals surface area contributed by atoms with E-state index >= 15 is 0 Å². The number of hydrogen-bond acceptors (Lipinski definition) is 5. The molecule has 0 radical (unpaired) electrons. The highest BCUT2D eigenvalue weighted by molar-refractivity contribution is 5.33. The zero-order chi connectivity index (χ0) is 20.8. The Hall–Kier alpha value is -1.82. The smallest absolute Gasteiger partial charge is 0.127 e. The second-order valence-corrected chi connectivity index (χ2v) is 8.92. The van der Waals surface area contributed by atoms with Crippen LogP contribution in [0.4, 0.5) is 0 Å². The lowest BCUT2D eigenvalue weighted by molar-refractivity contribution is 0.0843. The summed E-state index contributed by atoms with van der Waals surface area (Å²) in [6, 6.07) is 9.69. The van der Waals surface area contributed by atoms with Crippen LogP contribution in [0, 0.1) is 5.92 Å². The average Bonchev–Trinajstić information content (AvgIpc) is 3.23. The van der Waals surface area contributed by atoms with E-state index in [0.29, 0.717) is 6.04 Å². The highest BCUT2D eigenvalue weighted by atomic mass is 16.5. The molecule has 1 aliphatic heterocycles. The van der Waals surface area contributed by atoms with Gasteiger partial charge < -0.3 is 4.74 Å². The normalized spacial score (nSPS) is 20.0. The fraction of sp³-hybridized carbons (Fsp3) is 0.600. The fourth-order valence-corrected chi connectivity index (χ4v) is 5.10. The zero-order valence-corrected chi connectivity index (χ0v) is 18.6. The third-order valence-corrected chi connectivity index (χ3v) is 6.71. The number of ether oxygens (including phenoxy) is 1. The zero-order valence-electron chi connectivity index (χ0n) is 18.6. The summed E-state index contributed by atoms with van der Waals surface area (Å²) in [5.74, 6) is 1.64. The van der Waals surface area contributed by atoms with Crippen molar-refractivity contribution in [3.8, 4) is 0 Å². The summed E-state index contributed by atoms with van der Waals surface area (Å²) in [5, 5.41) is 0. The Morgan fingerprint density at radius 1 is 1.13 bits per heavy atom. The lowest BCUT2D eigenvalue weighted by Crippen LogP contribution is -2.46. The Labute approximate surface area is 181 Å². The largest absolute Gasteiger partial charge is 0.383 e. The van der Waals surface area contributed by atoms with Crippen LogP contribution in [0.5, 0.6) is 0 Å². The van der Waals surface area contributed by atoms with Gasteiger partial charge in [0.05, 0.1) is 6.61 Å². The number of rotatable bonds is 9. The van der Waals surface area contributed by atoms with Gasteiger partial charge in [0.1, 0.15) is 5.82 Å². The molecule has 1 aromatic heterocycles. The summed E-state index contributed by atoms with van der Waals surface area (Å²) in [6.07, 6.45) is 9.95. The molecular weight excluding hydrogens is 372 g/mol. The van der Waals surface area contributed by atoms with E-state index in [1.54, 1.807) is 18.2 Å². The molecule has 1 atom stereocenters. The van der Waals surface area contributed by atoms with Crippen LogP contribution in [0.2, 0.25) is 0 Å². The molecule has 4 rings (SSSR count). The highest BCUT2D eigenvalue weighted by Gasteiger charge is 2.31. The van der Waals surface area contributed by atoms with Crippen molar-refractivity contribution in [3.63, 3.8) is 0 Å². The molecule has 0 bridgehead atoms. The minimum atomic E-state index is 0.688. The third-order valence-electron chi connectivity index (χ3n) is 6.71. The van der Waals surface area contributed by atoms with Crippen LogP contribution in [-0.2, 0) is 30.5 Å². The van der Waals surface area contributed by atoms with Crippen LogP contribution < -0.4 is 0 Å². The van der Waals surface area contributed by atoms with Gasteiger partial charge >= 0.3 is 0 Å². The topological polar surface area (TPSA) is 41.5 Å². The maximum atomic E-state index is 5.39. The SMILES string of the molecule is CCc1ncc(CN(CCOC)C[C@H]2CCCN(C3Cc4ccccc4C3)C2)cn1. The first-order valence-electron chi connectivity index (χ1n) is 11.6. The minimum absolute atomic E-state index is 0.688. The van der Waals surface area contributed by atoms with Gasteiger partial charge in [0.25, 0.3) is 0 Å². The van der Waals surface area contributed by atoms with E-state index in [0.717, 1.165) is 44.4 Å². The minimum Gasteiger partial charge on any atom is -0.383 e. The molecule has 0 unspecified atom stereocenters. The predicted molar refractivity (Wildman–Crippen MR) is 120 cm³/mol. The van der Waals surface area contributed by atoms with Crippen molar-refractivity contribution in [1.29, 1.82) is 0 Å². The number of piperidine rings is 1. The summed E-state index contributed by atoms with van der Waals surface area (Å²) in [5.41, 5.74) is 4.31. The van der Waals surface area contributed by atoms with Crippen LogP contribution in [0.1, 0.15) is 42.3 Å². The van der Waals surface area contributed by atoms with E-state index in [-0.39, 0.29) is 0 Å². The number of aromatic nitrogens is 2. The van der Waals surface area contributed by atoms with Gasteiger partial charge in [0.2, 0.25) is 0 Å². The second kappa shape index (κ2) is 10.5. The Morgan fingerprint density at radius 2 is 1.87 bits per heavy atom. The van der Waals surface area contributed by atoms with Gasteiger partial charge in [-0.05, 0) is 49.3 Å². The van der Waals surface area contributed by atoms with Gasteiger partial charge in [-0.15, -0.1) is 0 Å². The fourth-order valence-electron chi connectivity index (χ4n) is 5.10. The Morgan fingerprint density at radius 3 is 2.53 bits per heavy atom. The van der Waals surface area contributed by atoms with Crippen LogP contribution in [-0.4, -0.2) is 65.7 Å². The van der Waals surface area contributed by atoms with Gasteiger partial charge in [-0.2, -0.15) is 0 Å². The van der Waals surface area contributed by atoms with Gasteiger partial charge in [-0.3, -0.25) is 9.80 Å². The molecule has 1 aromatic carbocycles. The van der Waals surface area contributed by atoms with Crippen LogP contribution in [0.15, 0.2) is 36.7 Å². The molecule has 0 amide bonds. The molecule has 2 aliphatic rings. The number of benzene rings is 1. The molecule has 162 valence electrons. The number of aryl methyl sites for hydroxylation is 1. The van der Waals surface area contributed by atoms with Crippen molar-refractivity contribution in [2.45, 2.75) is 51.6 Å². The second-order valence-electron chi connectivity index (χ2n) is 8.92. The maximum absolute atomic E-state index is 5.39. The van der Waals surface area contributed by atoms with Crippen molar-refractivity contribution < 1.29 is 4.74 Å². The molecule has 2 aromatic rings. The van der Waals surface area contributed by atoms with Crippen molar-refractivity contribution in [2.75, 3.05) is 39.9 Å². The van der Waals surface area contributed by atoms with Crippen LogP contribution in [0.25, 0.3) is 0 Å². The summed E-state index contributed by atoms with van der Waals surface area (Å²) < 4.78 is 5.39. The van der Waals surface area contributed by atoms with E-state index < -0.39 is 0 Å². The van der Waals surface area contributed by atoms with Gasteiger partial charge in [0, 0.05) is 63.7 Å². The lowest BCUT2D eigenvalue weighted by Gasteiger charge is -2.38. The molecule has 0 saturated carbocycles. The molecule has 1 aliphatic carbocycles. The van der Waals surface area contributed by atoms with E-state index in [4.69, 9.17) is 4.74 Å². The highest BCUT2D eigenvalue weighted by Crippen LogP contribution is 2.29. The quantitative estimate of drug-likeness (QED) is 0.636. The molecule has 0 N–H and O–H groups in total. The average molecular weight is 409 g/mol. The maximum Gasteiger partial charge on any atom is 0.127 e. The molecule has 2 heterocycles. The van der Waals surface area contributed by atoms with Gasteiger partial charge in [-0.1, -0.05) is 31.2 Å². The number of hydrogen-bond donors (Lipinski definition) is 0. The molecule has 5 heteroatoms. The lowest BCUT2D eigenvalue weighted by atomic mass is 9.95. The van der Waals surface area contributed by atoms with Gasteiger partial charge in [0.15, 0.2) is 0 Å². The monoisotopic (exact) mass is 408 g/mol. The van der Waals surface area contributed by atoms with Crippen molar-refractivity contribution in [1.82, 2.24) is 19.8 Å². The summed E-state index contributed by atoms with van der Waals surface area (Å²) in [4.78, 5) is 14.3. The summed E-state index contributed by atoms with van der Waals surface area (Å²) in [6.45, 7) is 8.30. The van der Waals surface area contributed by atoms with Crippen molar-refractivity contribution in [2.24, 2.45) is 5.92 Å². The number of likely N-dealkylation sites (tertiary alicyclic amines) is 1. The Bertz CT molecular complexity index is 769. The van der Waals surface area contributed by atoms with Crippen molar-refractivity contribution in [3.05, 3.63) is 59.2 Å². The van der Waals surface area contributed by atoms with Crippen molar-refractivity contribution >= 4 is 0 Å². The standard InChI is InChI=1S/C25H36N4O/c1-3-25-26-15-21(16-27-25)18-28(11-12-30-2)17-20-7-6-10-29(19-20)24-13-22-8-4-5-9-23(22)14-24/h4-5,8-9,15-16,20,24H,3,6-7,10-14,17-19H2,1-2H3/t20-/m1/s1. The molecular formula is C25H36N4O. The van der Waals surface area contributed by atoms with E-state index in [9.17, 15) is 0 Å². The number of fused-ring (bicyclic) bond motifs is 1. The summed E-state index contributed by atoms with van der Waals surface area (Å²) >= 11 is 0. The first-order chi connectivity index (χ1) is 14.7. The van der Waals surface area contributed by atoms with E-state index in [1.807, 2.05) is 12.4 Å². The van der Waals surface area contributed by atoms with Crippen LogP contribution >= 0.6 is 0 Å². The molecule has 30 heavy (non-hydrogen) atoms. The predicted octanol–water partition coefficient (Wildman–Crippen LogP) is 3.37. The summed E-state index contributed by atoms with van der Waals surface area (Å²) in [7, 11) is 1.79. The first-order valence-corrected chi connectivity index (χ1v) is 11.6.